The molecule has 5 nitrogen and oxygen atoms in total. The maximum atomic E-state index is 13.7. The zero-order valence-corrected chi connectivity index (χ0v) is 12.0. The molecule has 0 radical (unpaired) electrons. The van der Waals surface area contributed by atoms with Crippen LogP contribution in [0.5, 0.6) is 0 Å². The van der Waals surface area contributed by atoms with Crippen LogP contribution in [0.15, 0.2) is 23.1 Å². The second-order valence-corrected chi connectivity index (χ2v) is 6.69. The van der Waals surface area contributed by atoms with Crippen molar-refractivity contribution >= 4 is 15.9 Å². The minimum absolute atomic E-state index is 0.275. The Morgan fingerprint density at radius 3 is 2.55 bits per heavy atom. The SMILES string of the molecule is CCC1(NC(=O)c2cc(S(N)(=O)=O)ccc2F)CCC1. The van der Waals surface area contributed by atoms with Gasteiger partial charge in [0, 0.05) is 5.54 Å². The molecule has 1 saturated carbocycles. The molecule has 20 heavy (non-hydrogen) atoms. The number of benzene rings is 1. The number of nitrogens with two attached hydrogens (primary N) is 1. The monoisotopic (exact) mass is 300 g/mol. The summed E-state index contributed by atoms with van der Waals surface area (Å²) < 4.78 is 36.2. The van der Waals surface area contributed by atoms with E-state index >= 15 is 0 Å². The molecular formula is C13H17FN2O3S. The Morgan fingerprint density at radius 2 is 2.10 bits per heavy atom. The van der Waals surface area contributed by atoms with Crippen molar-refractivity contribution in [2.24, 2.45) is 5.14 Å². The van der Waals surface area contributed by atoms with Crippen LogP contribution in [-0.2, 0) is 10.0 Å². The summed E-state index contributed by atoms with van der Waals surface area (Å²) in [6.45, 7) is 1.95. The minimum atomic E-state index is -3.96. The third kappa shape index (κ3) is 2.83. The highest BCUT2D eigenvalue weighted by atomic mass is 32.2. The summed E-state index contributed by atoms with van der Waals surface area (Å²) in [4.78, 5) is 11.9. The molecule has 1 aromatic carbocycles. The zero-order chi connectivity index (χ0) is 15.0. The average Bonchev–Trinajstić information content (AvgIpc) is 2.32. The Morgan fingerprint density at radius 1 is 1.45 bits per heavy atom. The number of carbonyl (C=O) groups excluding carboxylic acids is 1. The van der Waals surface area contributed by atoms with E-state index in [0.717, 1.165) is 43.9 Å². The van der Waals surface area contributed by atoms with E-state index in [2.05, 4.69) is 5.32 Å². The van der Waals surface area contributed by atoms with E-state index in [-0.39, 0.29) is 16.0 Å². The third-order valence-electron chi connectivity index (χ3n) is 3.88. The Labute approximate surface area is 117 Å². The van der Waals surface area contributed by atoms with E-state index < -0.39 is 21.7 Å². The van der Waals surface area contributed by atoms with Crippen molar-refractivity contribution in [3.8, 4) is 0 Å². The number of hydrogen-bond acceptors (Lipinski definition) is 3. The van der Waals surface area contributed by atoms with Gasteiger partial charge in [-0.05, 0) is 43.9 Å². The lowest BCUT2D eigenvalue weighted by molar-refractivity contribution is 0.0816. The van der Waals surface area contributed by atoms with Gasteiger partial charge in [0.15, 0.2) is 0 Å². The molecule has 0 unspecified atom stereocenters. The molecular weight excluding hydrogens is 283 g/mol. The second kappa shape index (κ2) is 5.14. The van der Waals surface area contributed by atoms with Gasteiger partial charge in [0.25, 0.3) is 5.91 Å². The normalized spacial score (nSPS) is 17.4. The fourth-order valence-corrected chi connectivity index (χ4v) is 2.87. The molecule has 7 heteroatoms. The molecule has 1 fully saturated rings. The van der Waals surface area contributed by atoms with Crippen molar-refractivity contribution in [1.82, 2.24) is 5.32 Å². The number of rotatable bonds is 4. The van der Waals surface area contributed by atoms with Gasteiger partial charge in [-0.1, -0.05) is 6.92 Å². The quantitative estimate of drug-likeness (QED) is 0.883. The molecule has 0 aliphatic heterocycles. The van der Waals surface area contributed by atoms with E-state index in [1.807, 2.05) is 6.92 Å². The Balaban J connectivity index is 2.30. The Kier molecular flexibility index (Phi) is 3.84. The molecule has 0 heterocycles. The largest absolute Gasteiger partial charge is 0.347 e. The molecule has 1 aromatic rings. The first-order chi connectivity index (χ1) is 9.27. The molecule has 1 aliphatic rings. The summed E-state index contributed by atoms with van der Waals surface area (Å²) in [7, 11) is -3.96. The molecule has 3 N–H and O–H groups in total. The van der Waals surface area contributed by atoms with Gasteiger partial charge in [-0.25, -0.2) is 17.9 Å². The molecule has 0 saturated heterocycles. The maximum absolute atomic E-state index is 13.7. The first-order valence-electron chi connectivity index (χ1n) is 6.42. The van der Waals surface area contributed by atoms with Crippen molar-refractivity contribution in [3.05, 3.63) is 29.6 Å². The minimum Gasteiger partial charge on any atom is -0.347 e. The predicted molar refractivity (Wildman–Crippen MR) is 72.1 cm³/mol. The van der Waals surface area contributed by atoms with Gasteiger partial charge in [0.05, 0.1) is 10.5 Å². The highest BCUT2D eigenvalue weighted by Gasteiger charge is 2.37. The number of sulfonamides is 1. The van der Waals surface area contributed by atoms with E-state index in [9.17, 15) is 17.6 Å². The summed E-state index contributed by atoms with van der Waals surface area (Å²) >= 11 is 0. The highest BCUT2D eigenvalue weighted by Crippen LogP contribution is 2.35. The number of amides is 1. The Hall–Kier alpha value is -1.47. The summed E-state index contributed by atoms with van der Waals surface area (Å²) in [6.07, 6.45) is 3.49. The third-order valence-corrected chi connectivity index (χ3v) is 4.79. The van der Waals surface area contributed by atoms with E-state index in [4.69, 9.17) is 5.14 Å². The smallest absolute Gasteiger partial charge is 0.254 e. The molecule has 0 bridgehead atoms. The summed E-state index contributed by atoms with van der Waals surface area (Å²) in [6, 6.07) is 2.95. The van der Waals surface area contributed by atoms with Crippen LogP contribution >= 0.6 is 0 Å². The van der Waals surface area contributed by atoms with Crippen LogP contribution in [0.25, 0.3) is 0 Å². The fourth-order valence-electron chi connectivity index (χ4n) is 2.33. The van der Waals surface area contributed by atoms with Crippen LogP contribution in [0, 0.1) is 5.82 Å². The number of nitrogens with one attached hydrogen (secondary N) is 1. The number of hydrogen-bond donors (Lipinski definition) is 2. The van der Waals surface area contributed by atoms with Gasteiger partial charge >= 0.3 is 0 Å². The standard InChI is InChI=1S/C13H17FN2O3S/c1-2-13(6-3-7-13)16-12(17)10-8-9(20(15,18)19)4-5-11(10)14/h4-5,8H,2-3,6-7H2,1H3,(H,16,17)(H2,15,18,19). The van der Waals surface area contributed by atoms with Gasteiger partial charge in [-0.2, -0.15) is 0 Å². The fraction of sp³-hybridized carbons (Fsp3) is 0.462. The van der Waals surface area contributed by atoms with E-state index in [1.54, 1.807) is 0 Å². The van der Waals surface area contributed by atoms with Crippen LogP contribution in [0.2, 0.25) is 0 Å². The number of carbonyl (C=O) groups is 1. The lowest BCUT2D eigenvalue weighted by Crippen LogP contribution is -2.53. The van der Waals surface area contributed by atoms with E-state index in [1.165, 1.54) is 0 Å². The van der Waals surface area contributed by atoms with Crippen molar-refractivity contribution in [2.45, 2.75) is 43.0 Å². The maximum Gasteiger partial charge on any atom is 0.254 e. The molecule has 1 aliphatic carbocycles. The number of primary sulfonamides is 1. The molecule has 0 atom stereocenters. The van der Waals surface area contributed by atoms with Gasteiger partial charge in [-0.15, -0.1) is 0 Å². The van der Waals surface area contributed by atoms with Crippen LogP contribution < -0.4 is 10.5 Å². The average molecular weight is 300 g/mol. The topological polar surface area (TPSA) is 89.3 Å². The van der Waals surface area contributed by atoms with Crippen molar-refractivity contribution in [2.75, 3.05) is 0 Å². The van der Waals surface area contributed by atoms with Gasteiger partial charge in [0.2, 0.25) is 10.0 Å². The van der Waals surface area contributed by atoms with Crippen molar-refractivity contribution < 1.29 is 17.6 Å². The summed E-state index contributed by atoms with van der Waals surface area (Å²) in [5.41, 5.74) is -0.586. The predicted octanol–water partition coefficient (Wildman–Crippen LogP) is 1.54. The first-order valence-corrected chi connectivity index (χ1v) is 7.97. The molecule has 0 spiro atoms. The van der Waals surface area contributed by atoms with Crippen LogP contribution in [-0.4, -0.2) is 19.9 Å². The second-order valence-electron chi connectivity index (χ2n) is 5.13. The van der Waals surface area contributed by atoms with Crippen molar-refractivity contribution in [1.29, 1.82) is 0 Å². The van der Waals surface area contributed by atoms with Crippen LogP contribution in [0.1, 0.15) is 43.0 Å². The van der Waals surface area contributed by atoms with Crippen LogP contribution in [0.3, 0.4) is 0 Å². The lowest BCUT2D eigenvalue weighted by atomic mass is 9.74. The number of halogens is 1. The molecule has 1 amide bonds. The van der Waals surface area contributed by atoms with Gasteiger partial charge in [-0.3, -0.25) is 4.79 Å². The first kappa shape index (κ1) is 14.9. The van der Waals surface area contributed by atoms with Crippen molar-refractivity contribution in [3.63, 3.8) is 0 Å². The highest BCUT2D eigenvalue weighted by molar-refractivity contribution is 7.89. The molecule has 0 aromatic heterocycles. The Bertz CT molecular complexity index is 634. The molecule has 110 valence electrons. The van der Waals surface area contributed by atoms with Gasteiger partial charge < -0.3 is 5.32 Å². The van der Waals surface area contributed by atoms with Crippen LogP contribution in [0.4, 0.5) is 4.39 Å². The summed E-state index contributed by atoms with van der Waals surface area (Å²) in [5, 5.41) is 7.79. The lowest BCUT2D eigenvalue weighted by Gasteiger charge is -2.42. The van der Waals surface area contributed by atoms with Gasteiger partial charge in [0.1, 0.15) is 5.82 Å². The summed E-state index contributed by atoms with van der Waals surface area (Å²) in [5.74, 6) is -1.37. The zero-order valence-electron chi connectivity index (χ0n) is 11.1. The molecule has 2 rings (SSSR count). The van der Waals surface area contributed by atoms with E-state index in [0.29, 0.717) is 0 Å².